The van der Waals surface area contributed by atoms with Crippen molar-refractivity contribution in [1.29, 1.82) is 0 Å². The van der Waals surface area contributed by atoms with Gasteiger partial charge >= 0.3 is 0 Å². The minimum atomic E-state index is -2.80. The van der Waals surface area contributed by atoms with Crippen molar-refractivity contribution in [2.45, 2.75) is 44.0 Å². The quantitative estimate of drug-likeness (QED) is 0.538. The first-order valence-corrected chi connectivity index (χ1v) is 9.24. The summed E-state index contributed by atoms with van der Waals surface area (Å²) in [5, 5.41) is 0. The van der Waals surface area contributed by atoms with Crippen molar-refractivity contribution in [2.24, 2.45) is 5.92 Å². The molecule has 2 aliphatic rings. The summed E-state index contributed by atoms with van der Waals surface area (Å²) < 4.78 is 5.50. The van der Waals surface area contributed by atoms with Crippen molar-refractivity contribution in [1.82, 2.24) is 0 Å². The summed E-state index contributed by atoms with van der Waals surface area (Å²) in [6, 6.07) is 0. The number of fused-ring (bicyclic) bond motifs is 1. The molecule has 1 saturated carbocycles. The van der Waals surface area contributed by atoms with Gasteiger partial charge in [0.15, 0.2) is 0 Å². The van der Waals surface area contributed by atoms with Crippen LogP contribution in [-0.4, -0.2) is 10.9 Å². The summed E-state index contributed by atoms with van der Waals surface area (Å²) in [6.07, 6.45) is 3.13. The molecular weight excluding hydrogens is 247 g/mol. The molecule has 0 spiro atoms. The second-order valence-corrected chi connectivity index (χ2v) is 11.1. The highest BCUT2D eigenvalue weighted by atomic mass is 32.9. The van der Waals surface area contributed by atoms with Gasteiger partial charge < -0.3 is 9.42 Å². The second kappa shape index (κ2) is 3.85. The van der Waals surface area contributed by atoms with Crippen molar-refractivity contribution in [2.75, 3.05) is 0 Å². The molecule has 1 saturated heterocycles. The van der Waals surface area contributed by atoms with Gasteiger partial charge in [-0.1, -0.05) is 24.0 Å². The van der Waals surface area contributed by atoms with Gasteiger partial charge in [0.25, 0.3) is 0 Å². The fourth-order valence-corrected chi connectivity index (χ4v) is 8.56. The monoisotopic (exact) mass is 263 g/mol. The van der Waals surface area contributed by atoms with Crippen LogP contribution >= 0.6 is 17.1 Å². The fourth-order valence-electron chi connectivity index (χ4n) is 2.39. The van der Waals surface area contributed by atoms with Gasteiger partial charge in [0.05, 0.1) is 6.10 Å². The highest BCUT2D eigenvalue weighted by molar-refractivity contribution is 8.68. The summed E-state index contributed by atoms with van der Waals surface area (Å²) in [4.78, 5) is 11.8. The van der Waals surface area contributed by atoms with E-state index < -0.39 is 5.69 Å². The topological polar surface area (TPSA) is 32.3 Å². The summed E-state index contributed by atoms with van der Waals surface area (Å²) >= 11 is 6.36. The van der Waals surface area contributed by atoms with Crippen LogP contribution in [0.1, 0.15) is 33.1 Å². The average molecular weight is 263 g/mol. The third-order valence-corrected chi connectivity index (χ3v) is 8.17. The molecule has 2 fully saturated rings. The maximum Gasteiger partial charge on any atom is 0.0776 e. The molecule has 1 heterocycles. The van der Waals surface area contributed by atoms with Gasteiger partial charge in [-0.2, -0.15) is 0 Å². The lowest BCUT2D eigenvalue weighted by Crippen LogP contribution is -2.39. The van der Waals surface area contributed by atoms with Crippen LogP contribution < -0.4 is 4.89 Å². The minimum absolute atomic E-state index is 0.0246. The van der Waals surface area contributed by atoms with Crippen LogP contribution in [0.5, 0.6) is 0 Å². The van der Waals surface area contributed by atoms with Gasteiger partial charge in [-0.15, -0.1) is 11.4 Å². The zero-order chi connectivity index (χ0) is 11.3. The molecule has 0 aromatic rings. The number of rotatable bonds is 1. The van der Waals surface area contributed by atoms with E-state index in [4.69, 9.17) is 16.3 Å². The first-order chi connectivity index (χ1) is 6.82. The second-order valence-electron chi connectivity index (χ2n) is 4.76. The smallest absolute Gasteiger partial charge is 0.0776 e. The zero-order valence-electron chi connectivity index (χ0n) is 9.06. The largest absolute Gasteiger partial charge is 0.793 e. The highest BCUT2D eigenvalue weighted by Gasteiger charge is 2.48. The van der Waals surface area contributed by atoms with E-state index >= 15 is 0 Å². The Labute approximate surface area is 100 Å². The number of allylic oxidation sites excluding steroid dienone is 1. The van der Waals surface area contributed by atoms with Gasteiger partial charge in [0, 0.05) is 10.4 Å². The van der Waals surface area contributed by atoms with Crippen LogP contribution in [-0.2, 0) is 16.3 Å². The van der Waals surface area contributed by atoms with Crippen molar-refractivity contribution in [3.05, 3.63) is 12.2 Å². The normalized spacial score (nSPS) is 50.1. The molecule has 0 aromatic carbocycles. The predicted molar refractivity (Wildman–Crippen MR) is 67.3 cm³/mol. The van der Waals surface area contributed by atoms with Crippen LogP contribution in [0.3, 0.4) is 0 Å². The summed E-state index contributed by atoms with van der Waals surface area (Å²) in [7, 11) is 0. The molecule has 86 valence electrons. The van der Waals surface area contributed by atoms with Crippen LogP contribution in [0.15, 0.2) is 12.2 Å². The number of hydrogen-bond donors (Lipinski definition) is 0. The standard InChI is InChI=1S/C10H17O2PS2/c1-7(2)8-4-5-10(3)9(6-8)12-13(11,14)15-10/h8-9H,1,4-6H2,2-3H3,(H,11,14)/p-1/t8-,9+,10+,13?/m1/s1. The van der Waals surface area contributed by atoms with E-state index in [0.29, 0.717) is 5.92 Å². The van der Waals surface area contributed by atoms with Gasteiger partial charge in [-0.25, -0.2) is 0 Å². The third-order valence-electron chi connectivity index (χ3n) is 3.44. The summed E-state index contributed by atoms with van der Waals surface area (Å²) in [5.74, 6) is 0.511. The Hall–Kier alpha value is 0.660. The van der Waals surface area contributed by atoms with E-state index in [-0.39, 0.29) is 10.9 Å². The molecule has 15 heavy (non-hydrogen) atoms. The van der Waals surface area contributed by atoms with Crippen molar-refractivity contribution >= 4 is 28.9 Å². The van der Waals surface area contributed by atoms with Crippen molar-refractivity contribution < 1.29 is 9.42 Å². The summed E-state index contributed by atoms with van der Waals surface area (Å²) in [6.45, 7) is 8.18. The maximum absolute atomic E-state index is 11.8. The maximum atomic E-state index is 11.8. The minimum Gasteiger partial charge on any atom is -0.793 e. The molecule has 2 rings (SSSR count). The van der Waals surface area contributed by atoms with E-state index in [1.54, 1.807) is 0 Å². The Kier molecular flexibility index (Phi) is 3.11. The molecule has 5 heteroatoms. The van der Waals surface area contributed by atoms with Crippen LogP contribution in [0.2, 0.25) is 0 Å². The molecule has 0 N–H and O–H groups in total. The first-order valence-electron chi connectivity index (χ1n) is 5.18. The van der Waals surface area contributed by atoms with Crippen molar-refractivity contribution in [3.63, 3.8) is 0 Å². The Balaban J connectivity index is 2.16. The van der Waals surface area contributed by atoms with E-state index in [1.165, 1.54) is 17.0 Å². The lowest BCUT2D eigenvalue weighted by molar-refractivity contribution is -0.177. The van der Waals surface area contributed by atoms with Gasteiger partial charge in [-0.3, -0.25) is 0 Å². The van der Waals surface area contributed by atoms with E-state index in [1.807, 2.05) is 0 Å². The molecule has 1 aliphatic carbocycles. The molecular formula is C10H16O2PS2-. The Bertz CT molecular complexity index is 344. The molecule has 0 amide bonds. The third kappa shape index (κ3) is 2.34. The predicted octanol–water partition coefficient (Wildman–Crippen LogP) is 2.84. The van der Waals surface area contributed by atoms with E-state index in [2.05, 4.69) is 20.4 Å². The Morgan fingerprint density at radius 1 is 1.73 bits per heavy atom. The van der Waals surface area contributed by atoms with E-state index in [0.717, 1.165) is 19.3 Å². The lowest BCUT2D eigenvalue weighted by Gasteiger charge is -2.37. The van der Waals surface area contributed by atoms with Gasteiger partial charge in [-0.05, 0) is 39.0 Å². The van der Waals surface area contributed by atoms with Crippen LogP contribution in [0.4, 0.5) is 0 Å². The van der Waals surface area contributed by atoms with Crippen molar-refractivity contribution in [3.8, 4) is 0 Å². The fraction of sp³-hybridized carbons (Fsp3) is 0.800. The summed E-state index contributed by atoms with van der Waals surface area (Å²) in [5.41, 5.74) is -1.60. The lowest BCUT2D eigenvalue weighted by atomic mass is 9.77. The number of hydrogen-bond acceptors (Lipinski definition) is 4. The molecule has 1 aliphatic heterocycles. The van der Waals surface area contributed by atoms with Gasteiger partial charge in [0.1, 0.15) is 0 Å². The molecule has 0 radical (unpaired) electrons. The molecule has 0 bridgehead atoms. The zero-order valence-corrected chi connectivity index (χ0v) is 11.6. The van der Waals surface area contributed by atoms with E-state index in [9.17, 15) is 4.89 Å². The molecule has 0 aromatic heterocycles. The Morgan fingerprint density at radius 2 is 2.40 bits per heavy atom. The molecule has 4 atom stereocenters. The average Bonchev–Trinajstić information content (AvgIpc) is 2.31. The molecule has 2 nitrogen and oxygen atoms in total. The Morgan fingerprint density at radius 3 is 3.00 bits per heavy atom. The van der Waals surface area contributed by atoms with Crippen LogP contribution in [0, 0.1) is 5.92 Å². The first kappa shape index (κ1) is 12.1. The van der Waals surface area contributed by atoms with Crippen LogP contribution in [0.25, 0.3) is 0 Å². The van der Waals surface area contributed by atoms with Gasteiger partial charge in [0.2, 0.25) is 0 Å². The molecule has 1 unspecified atom stereocenters. The highest BCUT2D eigenvalue weighted by Crippen LogP contribution is 2.70. The SMILES string of the molecule is C=C(C)[C@@H]1CC[C@]2(C)SP([O-])(=S)O[C@H]2C1.